The Labute approximate surface area is 125 Å². The lowest BCUT2D eigenvalue weighted by molar-refractivity contribution is 0.268. The van der Waals surface area contributed by atoms with Crippen LogP contribution in [0.2, 0.25) is 15.1 Å². The van der Waals surface area contributed by atoms with E-state index in [1.807, 2.05) is 0 Å². The SMILES string of the molecule is OCCn1cc(CNc2cc(Cl)c(Cl)cc2Cl)nn1. The van der Waals surface area contributed by atoms with Crippen LogP contribution in [0.3, 0.4) is 0 Å². The van der Waals surface area contributed by atoms with E-state index in [1.54, 1.807) is 23.0 Å². The van der Waals surface area contributed by atoms with Crippen LogP contribution >= 0.6 is 34.8 Å². The Morgan fingerprint density at radius 3 is 2.63 bits per heavy atom. The first-order valence-corrected chi connectivity index (χ1v) is 6.62. The maximum Gasteiger partial charge on any atom is 0.102 e. The summed E-state index contributed by atoms with van der Waals surface area (Å²) in [5, 5.41) is 21.0. The molecule has 0 spiro atoms. The number of benzene rings is 1. The van der Waals surface area contributed by atoms with E-state index in [-0.39, 0.29) is 6.61 Å². The molecular weight excluding hydrogens is 311 g/mol. The van der Waals surface area contributed by atoms with Crippen LogP contribution in [0.15, 0.2) is 18.3 Å². The molecule has 0 aliphatic rings. The predicted octanol–water partition coefficient (Wildman–Crippen LogP) is 2.84. The monoisotopic (exact) mass is 320 g/mol. The van der Waals surface area contributed by atoms with Crippen LogP contribution in [-0.4, -0.2) is 26.7 Å². The van der Waals surface area contributed by atoms with Gasteiger partial charge in [0.1, 0.15) is 5.69 Å². The van der Waals surface area contributed by atoms with E-state index in [0.717, 1.165) is 5.69 Å². The minimum atomic E-state index is 0.0227. The summed E-state index contributed by atoms with van der Waals surface area (Å²) in [4.78, 5) is 0. The Morgan fingerprint density at radius 1 is 1.16 bits per heavy atom. The van der Waals surface area contributed by atoms with Gasteiger partial charge in [-0.2, -0.15) is 0 Å². The molecule has 0 bridgehead atoms. The summed E-state index contributed by atoms with van der Waals surface area (Å²) in [6.07, 6.45) is 1.74. The number of aliphatic hydroxyl groups is 1. The van der Waals surface area contributed by atoms with Gasteiger partial charge in [0.25, 0.3) is 0 Å². The van der Waals surface area contributed by atoms with Crippen molar-refractivity contribution in [1.82, 2.24) is 15.0 Å². The van der Waals surface area contributed by atoms with Crippen molar-refractivity contribution >= 4 is 40.5 Å². The number of hydrogen-bond donors (Lipinski definition) is 2. The minimum Gasteiger partial charge on any atom is -0.394 e. The fraction of sp³-hybridized carbons (Fsp3) is 0.273. The van der Waals surface area contributed by atoms with Crippen LogP contribution in [0.25, 0.3) is 0 Å². The third-order valence-electron chi connectivity index (χ3n) is 2.39. The molecule has 0 aliphatic heterocycles. The Kier molecular flexibility index (Phi) is 4.87. The van der Waals surface area contributed by atoms with Crippen molar-refractivity contribution in [2.75, 3.05) is 11.9 Å². The average Bonchev–Trinajstić information content (AvgIpc) is 2.80. The molecular formula is C11H11Cl3N4O. The predicted molar refractivity (Wildman–Crippen MR) is 75.9 cm³/mol. The summed E-state index contributed by atoms with van der Waals surface area (Å²) < 4.78 is 1.56. The van der Waals surface area contributed by atoms with Crippen LogP contribution in [0.1, 0.15) is 5.69 Å². The van der Waals surface area contributed by atoms with E-state index in [9.17, 15) is 0 Å². The minimum absolute atomic E-state index is 0.0227. The fourth-order valence-corrected chi connectivity index (χ4v) is 2.09. The standard InChI is InChI=1S/C11H11Cl3N4O/c12-8-3-10(14)11(4-9(8)13)15-5-7-6-18(1-2-19)17-16-7/h3-4,6,15,19H,1-2,5H2. The molecule has 0 atom stereocenters. The molecule has 0 amide bonds. The van der Waals surface area contributed by atoms with Crippen LogP contribution in [0, 0.1) is 0 Å². The zero-order valence-corrected chi connectivity index (χ0v) is 12.0. The van der Waals surface area contributed by atoms with E-state index in [2.05, 4.69) is 15.6 Å². The molecule has 1 aromatic carbocycles. The first-order valence-electron chi connectivity index (χ1n) is 5.48. The summed E-state index contributed by atoms with van der Waals surface area (Å²) in [6, 6.07) is 3.24. The molecule has 2 aromatic rings. The second-order valence-corrected chi connectivity index (χ2v) is 5.02. The molecule has 5 nitrogen and oxygen atoms in total. The second kappa shape index (κ2) is 6.43. The zero-order chi connectivity index (χ0) is 13.8. The number of anilines is 1. The van der Waals surface area contributed by atoms with Crippen LogP contribution in [0.4, 0.5) is 5.69 Å². The molecule has 2 rings (SSSR count). The van der Waals surface area contributed by atoms with E-state index < -0.39 is 0 Å². The molecule has 1 aromatic heterocycles. The van der Waals surface area contributed by atoms with Crippen molar-refractivity contribution < 1.29 is 5.11 Å². The fourth-order valence-electron chi connectivity index (χ4n) is 1.48. The first-order chi connectivity index (χ1) is 9.10. The quantitative estimate of drug-likeness (QED) is 0.831. The number of halogens is 3. The highest BCUT2D eigenvalue weighted by molar-refractivity contribution is 6.44. The molecule has 102 valence electrons. The maximum atomic E-state index is 8.78. The van der Waals surface area contributed by atoms with Crippen LogP contribution in [-0.2, 0) is 13.1 Å². The van der Waals surface area contributed by atoms with E-state index in [4.69, 9.17) is 39.9 Å². The Bertz CT molecular complexity index is 573. The average molecular weight is 322 g/mol. The Balaban J connectivity index is 2.03. The third-order valence-corrected chi connectivity index (χ3v) is 3.42. The number of nitrogens with zero attached hydrogens (tertiary/aromatic N) is 3. The van der Waals surface area contributed by atoms with Gasteiger partial charge < -0.3 is 10.4 Å². The highest BCUT2D eigenvalue weighted by Gasteiger charge is 2.07. The van der Waals surface area contributed by atoms with Gasteiger partial charge in [0.05, 0.1) is 46.6 Å². The molecule has 0 fully saturated rings. The van der Waals surface area contributed by atoms with Crippen molar-refractivity contribution in [3.63, 3.8) is 0 Å². The lowest BCUT2D eigenvalue weighted by Crippen LogP contribution is -2.02. The molecule has 0 aliphatic carbocycles. The number of rotatable bonds is 5. The lowest BCUT2D eigenvalue weighted by Gasteiger charge is -2.08. The van der Waals surface area contributed by atoms with Gasteiger partial charge in [-0.25, -0.2) is 4.68 Å². The number of nitrogens with one attached hydrogen (secondary N) is 1. The molecule has 8 heteroatoms. The molecule has 1 heterocycles. The topological polar surface area (TPSA) is 63.0 Å². The van der Waals surface area contributed by atoms with E-state index >= 15 is 0 Å². The van der Waals surface area contributed by atoms with E-state index in [1.165, 1.54) is 0 Å². The Morgan fingerprint density at radius 2 is 1.89 bits per heavy atom. The second-order valence-electron chi connectivity index (χ2n) is 3.80. The summed E-state index contributed by atoms with van der Waals surface area (Å²) in [6.45, 7) is 0.887. The molecule has 19 heavy (non-hydrogen) atoms. The number of aliphatic hydroxyl groups excluding tert-OH is 1. The van der Waals surface area contributed by atoms with Crippen molar-refractivity contribution in [3.05, 3.63) is 39.1 Å². The van der Waals surface area contributed by atoms with Crippen molar-refractivity contribution in [2.45, 2.75) is 13.1 Å². The largest absolute Gasteiger partial charge is 0.394 e. The van der Waals surface area contributed by atoms with Crippen molar-refractivity contribution in [3.8, 4) is 0 Å². The van der Waals surface area contributed by atoms with Gasteiger partial charge in [0.15, 0.2) is 0 Å². The summed E-state index contributed by atoms with van der Waals surface area (Å²) in [5.74, 6) is 0. The smallest absolute Gasteiger partial charge is 0.102 e. The molecule has 0 saturated heterocycles. The summed E-state index contributed by atoms with van der Waals surface area (Å²) in [5.41, 5.74) is 1.41. The van der Waals surface area contributed by atoms with Gasteiger partial charge in [0, 0.05) is 0 Å². The van der Waals surface area contributed by atoms with Gasteiger partial charge in [-0.3, -0.25) is 0 Å². The number of hydrogen-bond acceptors (Lipinski definition) is 4. The van der Waals surface area contributed by atoms with Gasteiger partial charge in [0.2, 0.25) is 0 Å². The summed E-state index contributed by atoms with van der Waals surface area (Å²) in [7, 11) is 0. The van der Waals surface area contributed by atoms with Gasteiger partial charge in [-0.15, -0.1) is 5.10 Å². The lowest BCUT2D eigenvalue weighted by atomic mass is 10.3. The van der Waals surface area contributed by atoms with Gasteiger partial charge in [-0.1, -0.05) is 40.0 Å². The van der Waals surface area contributed by atoms with E-state index in [0.29, 0.717) is 33.8 Å². The highest BCUT2D eigenvalue weighted by Crippen LogP contribution is 2.32. The highest BCUT2D eigenvalue weighted by atomic mass is 35.5. The first kappa shape index (κ1) is 14.4. The summed E-state index contributed by atoms with van der Waals surface area (Å²) >= 11 is 17.8. The third kappa shape index (κ3) is 3.73. The van der Waals surface area contributed by atoms with Crippen LogP contribution in [0.5, 0.6) is 0 Å². The Hall–Kier alpha value is -1.01. The van der Waals surface area contributed by atoms with Crippen LogP contribution < -0.4 is 5.32 Å². The zero-order valence-electron chi connectivity index (χ0n) is 9.78. The molecule has 2 N–H and O–H groups in total. The number of aromatic nitrogens is 3. The molecule has 0 radical (unpaired) electrons. The van der Waals surface area contributed by atoms with Crippen molar-refractivity contribution in [2.24, 2.45) is 0 Å². The molecule has 0 saturated carbocycles. The normalized spacial score (nSPS) is 10.7. The van der Waals surface area contributed by atoms with Gasteiger partial charge in [-0.05, 0) is 12.1 Å². The van der Waals surface area contributed by atoms with Gasteiger partial charge >= 0.3 is 0 Å². The maximum absolute atomic E-state index is 8.78. The molecule has 0 unspecified atom stereocenters. The van der Waals surface area contributed by atoms with Crippen molar-refractivity contribution in [1.29, 1.82) is 0 Å².